The first-order valence-corrected chi connectivity index (χ1v) is 8.76. The third-order valence-corrected chi connectivity index (χ3v) is 4.83. The van der Waals surface area contributed by atoms with Gasteiger partial charge in [0.25, 0.3) is 0 Å². The van der Waals surface area contributed by atoms with Crippen molar-refractivity contribution in [3.63, 3.8) is 0 Å². The highest BCUT2D eigenvalue weighted by atomic mass is 35.5. The van der Waals surface area contributed by atoms with E-state index in [9.17, 15) is 8.42 Å². The summed E-state index contributed by atoms with van der Waals surface area (Å²) in [6.07, 6.45) is 1.55. The highest BCUT2D eigenvalue weighted by Crippen LogP contribution is 2.26. The van der Waals surface area contributed by atoms with Crippen molar-refractivity contribution in [1.82, 2.24) is 9.71 Å². The minimum Gasteiger partial charge on any atom is -0.495 e. The molecule has 0 radical (unpaired) electrons. The number of rotatable bonds is 7. The first-order valence-electron chi connectivity index (χ1n) is 6.90. The number of sulfonamides is 1. The smallest absolute Gasteiger partial charge is 0.240 e. The lowest BCUT2D eigenvalue weighted by atomic mass is 10.3. The van der Waals surface area contributed by atoms with Gasteiger partial charge in [-0.2, -0.15) is 5.26 Å². The molecule has 0 aliphatic rings. The minimum absolute atomic E-state index is 0.0452. The molecule has 0 aliphatic carbocycles. The van der Waals surface area contributed by atoms with Gasteiger partial charge in [0, 0.05) is 19.3 Å². The Hall–Kier alpha value is -2.34. The van der Waals surface area contributed by atoms with Crippen molar-refractivity contribution in [3.8, 4) is 11.8 Å². The van der Waals surface area contributed by atoms with Crippen LogP contribution in [-0.2, 0) is 10.0 Å². The van der Waals surface area contributed by atoms with E-state index in [0.717, 1.165) is 0 Å². The van der Waals surface area contributed by atoms with Crippen LogP contribution in [0.1, 0.15) is 5.56 Å². The Morgan fingerprint density at radius 3 is 2.79 bits per heavy atom. The fraction of sp³-hybridized carbons (Fsp3) is 0.200. The van der Waals surface area contributed by atoms with Crippen LogP contribution in [0.25, 0.3) is 0 Å². The molecule has 0 saturated carbocycles. The first-order chi connectivity index (χ1) is 11.5. The van der Waals surface area contributed by atoms with E-state index >= 15 is 0 Å². The number of hydrogen-bond donors (Lipinski definition) is 2. The molecule has 2 N–H and O–H groups in total. The molecule has 0 aliphatic heterocycles. The summed E-state index contributed by atoms with van der Waals surface area (Å²) >= 11 is 5.94. The largest absolute Gasteiger partial charge is 0.495 e. The number of nitrogens with one attached hydrogen (secondary N) is 2. The van der Waals surface area contributed by atoms with Crippen molar-refractivity contribution in [1.29, 1.82) is 5.26 Å². The summed E-state index contributed by atoms with van der Waals surface area (Å²) in [7, 11) is -2.24. The predicted octanol–water partition coefficient (Wildman–Crippen LogP) is 2.01. The number of pyridine rings is 1. The van der Waals surface area contributed by atoms with Crippen molar-refractivity contribution in [3.05, 3.63) is 47.1 Å². The van der Waals surface area contributed by atoms with E-state index in [1.807, 2.05) is 6.07 Å². The average Bonchev–Trinajstić information content (AvgIpc) is 2.59. The maximum absolute atomic E-state index is 12.2. The number of hydrogen-bond acceptors (Lipinski definition) is 6. The van der Waals surface area contributed by atoms with E-state index in [2.05, 4.69) is 15.0 Å². The van der Waals surface area contributed by atoms with Crippen LogP contribution in [0.3, 0.4) is 0 Å². The van der Waals surface area contributed by atoms with Gasteiger partial charge in [-0.3, -0.25) is 0 Å². The lowest BCUT2D eigenvalue weighted by molar-refractivity contribution is 0.414. The van der Waals surface area contributed by atoms with Crippen molar-refractivity contribution in [2.24, 2.45) is 0 Å². The number of methoxy groups -OCH3 is 1. The predicted molar refractivity (Wildman–Crippen MR) is 90.6 cm³/mol. The molecule has 2 aromatic rings. The van der Waals surface area contributed by atoms with Crippen LogP contribution in [-0.4, -0.2) is 33.6 Å². The van der Waals surface area contributed by atoms with Gasteiger partial charge in [0.2, 0.25) is 10.0 Å². The van der Waals surface area contributed by atoms with Gasteiger partial charge in [-0.05, 0) is 30.3 Å². The fourth-order valence-electron chi connectivity index (χ4n) is 1.90. The summed E-state index contributed by atoms with van der Waals surface area (Å²) < 4.78 is 31.9. The Morgan fingerprint density at radius 2 is 2.12 bits per heavy atom. The van der Waals surface area contributed by atoms with Gasteiger partial charge < -0.3 is 10.1 Å². The number of ether oxygens (including phenoxy) is 1. The molecule has 24 heavy (non-hydrogen) atoms. The van der Waals surface area contributed by atoms with Crippen LogP contribution >= 0.6 is 11.6 Å². The monoisotopic (exact) mass is 366 g/mol. The molecule has 0 amide bonds. The quantitative estimate of drug-likeness (QED) is 0.726. The molecular formula is C15H15ClN4O3S. The number of benzene rings is 1. The maximum atomic E-state index is 12.2. The summed E-state index contributed by atoms with van der Waals surface area (Å²) in [4.78, 5) is 4.08. The standard InChI is InChI=1S/C15H15ClN4O3S/c1-23-14-5-4-12(9-13(14)16)24(21,22)20-8-7-19-15-11(10-17)3-2-6-18-15/h2-6,9,20H,7-8H2,1H3,(H,18,19). The van der Waals surface area contributed by atoms with Crippen molar-refractivity contribution < 1.29 is 13.2 Å². The molecule has 0 atom stereocenters. The molecule has 1 aromatic carbocycles. The van der Waals surface area contributed by atoms with Crippen LogP contribution in [0.2, 0.25) is 5.02 Å². The second kappa shape index (κ2) is 7.97. The second-order valence-corrected chi connectivity index (χ2v) is 6.81. The summed E-state index contributed by atoms with van der Waals surface area (Å²) in [5.74, 6) is 0.808. The maximum Gasteiger partial charge on any atom is 0.240 e. The third-order valence-electron chi connectivity index (χ3n) is 3.07. The van der Waals surface area contributed by atoms with Gasteiger partial charge in [-0.15, -0.1) is 0 Å². The third kappa shape index (κ3) is 4.35. The van der Waals surface area contributed by atoms with E-state index in [1.54, 1.807) is 18.3 Å². The van der Waals surface area contributed by atoms with Crippen LogP contribution in [0, 0.1) is 11.3 Å². The Kier molecular flexibility index (Phi) is 5.98. The second-order valence-electron chi connectivity index (χ2n) is 4.63. The van der Waals surface area contributed by atoms with Gasteiger partial charge in [0.05, 0.1) is 22.6 Å². The molecular weight excluding hydrogens is 352 g/mol. The minimum atomic E-state index is -3.69. The zero-order valence-electron chi connectivity index (χ0n) is 12.8. The molecule has 0 fully saturated rings. The normalized spacial score (nSPS) is 10.9. The van der Waals surface area contributed by atoms with Gasteiger partial charge in [-0.25, -0.2) is 18.1 Å². The van der Waals surface area contributed by atoms with Crippen molar-refractivity contribution in [2.75, 3.05) is 25.5 Å². The SMILES string of the molecule is COc1ccc(S(=O)(=O)NCCNc2ncccc2C#N)cc1Cl. The van der Waals surface area contributed by atoms with E-state index in [0.29, 0.717) is 17.1 Å². The zero-order chi connectivity index (χ0) is 17.6. The number of nitrogens with zero attached hydrogens (tertiary/aromatic N) is 2. The van der Waals surface area contributed by atoms with Crippen molar-refractivity contribution >= 4 is 27.4 Å². The Balaban J connectivity index is 1.96. The van der Waals surface area contributed by atoms with Gasteiger partial charge >= 0.3 is 0 Å². The lowest BCUT2D eigenvalue weighted by Gasteiger charge is -2.10. The highest BCUT2D eigenvalue weighted by Gasteiger charge is 2.15. The fourth-order valence-corrected chi connectivity index (χ4v) is 3.28. The highest BCUT2D eigenvalue weighted by molar-refractivity contribution is 7.89. The number of halogens is 1. The summed E-state index contributed by atoms with van der Waals surface area (Å²) in [6, 6.07) is 9.50. The number of nitriles is 1. The van der Waals surface area contributed by atoms with Crippen LogP contribution in [0.15, 0.2) is 41.4 Å². The zero-order valence-corrected chi connectivity index (χ0v) is 14.4. The molecule has 9 heteroatoms. The van der Waals surface area contributed by atoms with Gasteiger partial charge in [0.1, 0.15) is 17.6 Å². The number of anilines is 1. The van der Waals surface area contributed by atoms with E-state index in [4.69, 9.17) is 21.6 Å². The van der Waals surface area contributed by atoms with Gasteiger partial charge in [0.15, 0.2) is 0 Å². The summed E-state index contributed by atoms with van der Waals surface area (Å²) in [5.41, 5.74) is 0.391. The Bertz CT molecular complexity index is 865. The van der Waals surface area contributed by atoms with E-state index < -0.39 is 10.0 Å². The molecule has 0 spiro atoms. The van der Waals surface area contributed by atoms with E-state index in [1.165, 1.54) is 25.3 Å². The Labute approximate surface area is 145 Å². The molecule has 7 nitrogen and oxygen atoms in total. The molecule has 0 bridgehead atoms. The molecule has 0 unspecified atom stereocenters. The topological polar surface area (TPSA) is 104 Å². The van der Waals surface area contributed by atoms with Crippen LogP contribution < -0.4 is 14.8 Å². The Morgan fingerprint density at radius 1 is 1.33 bits per heavy atom. The molecule has 1 aromatic heterocycles. The van der Waals surface area contributed by atoms with E-state index in [-0.39, 0.29) is 23.0 Å². The summed E-state index contributed by atoms with van der Waals surface area (Å²) in [5, 5.41) is 12.1. The molecule has 126 valence electrons. The lowest BCUT2D eigenvalue weighted by Crippen LogP contribution is -2.29. The number of aromatic nitrogens is 1. The van der Waals surface area contributed by atoms with Gasteiger partial charge in [-0.1, -0.05) is 11.6 Å². The van der Waals surface area contributed by atoms with Crippen LogP contribution in [0.4, 0.5) is 5.82 Å². The van der Waals surface area contributed by atoms with Crippen LogP contribution in [0.5, 0.6) is 5.75 Å². The van der Waals surface area contributed by atoms with Crippen molar-refractivity contribution in [2.45, 2.75) is 4.90 Å². The molecule has 0 saturated heterocycles. The summed E-state index contributed by atoms with van der Waals surface area (Å²) in [6.45, 7) is 0.391. The molecule has 2 rings (SSSR count). The first kappa shape index (κ1) is 18.0. The molecule has 1 heterocycles. The average molecular weight is 367 g/mol.